The van der Waals surface area contributed by atoms with Gasteiger partial charge in [0.2, 0.25) is 0 Å². The monoisotopic (exact) mass is 235 g/mol. The summed E-state index contributed by atoms with van der Waals surface area (Å²) in [7, 11) is 0. The summed E-state index contributed by atoms with van der Waals surface area (Å²) in [5.41, 5.74) is 0.919. The van der Waals surface area contributed by atoms with E-state index in [0.717, 1.165) is 30.8 Å². The molecule has 2 atom stereocenters. The SMILES string of the molecule is CCN(CC)[C@H]1COc2ccccc2[C@@H](O)C1. The lowest BCUT2D eigenvalue weighted by Crippen LogP contribution is -2.39. The number of likely N-dealkylation sites (N-methyl/N-ethyl adjacent to an activating group) is 1. The fraction of sp³-hybridized carbons (Fsp3) is 0.571. The number of aliphatic hydroxyl groups excluding tert-OH is 1. The highest BCUT2D eigenvalue weighted by atomic mass is 16.5. The van der Waals surface area contributed by atoms with E-state index in [0.29, 0.717) is 12.6 Å². The molecular formula is C14H21NO2. The molecule has 0 bridgehead atoms. The third kappa shape index (κ3) is 2.61. The fourth-order valence-corrected chi connectivity index (χ4v) is 2.52. The molecule has 1 aromatic rings. The van der Waals surface area contributed by atoms with Crippen molar-refractivity contribution in [1.82, 2.24) is 4.90 Å². The molecule has 2 rings (SSSR count). The van der Waals surface area contributed by atoms with Crippen LogP contribution in [0, 0.1) is 0 Å². The number of hydrogen-bond donors (Lipinski definition) is 1. The van der Waals surface area contributed by atoms with Gasteiger partial charge in [0.25, 0.3) is 0 Å². The molecule has 0 amide bonds. The van der Waals surface area contributed by atoms with E-state index in [1.807, 2.05) is 24.3 Å². The molecule has 0 saturated heterocycles. The van der Waals surface area contributed by atoms with Crippen molar-refractivity contribution < 1.29 is 9.84 Å². The van der Waals surface area contributed by atoms with Crippen molar-refractivity contribution >= 4 is 0 Å². The highest BCUT2D eigenvalue weighted by molar-refractivity contribution is 5.36. The van der Waals surface area contributed by atoms with Gasteiger partial charge in [0.15, 0.2) is 0 Å². The second-order valence-electron chi connectivity index (χ2n) is 4.48. The molecule has 0 unspecified atom stereocenters. The molecule has 0 radical (unpaired) electrons. The van der Waals surface area contributed by atoms with Gasteiger partial charge in [-0.05, 0) is 25.6 Å². The summed E-state index contributed by atoms with van der Waals surface area (Å²) in [5.74, 6) is 0.828. The Morgan fingerprint density at radius 2 is 2.00 bits per heavy atom. The predicted molar refractivity (Wildman–Crippen MR) is 68.2 cm³/mol. The van der Waals surface area contributed by atoms with Crippen LogP contribution in [0.2, 0.25) is 0 Å². The topological polar surface area (TPSA) is 32.7 Å². The van der Waals surface area contributed by atoms with E-state index < -0.39 is 6.10 Å². The highest BCUT2D eigenvalue weighted by Gasteiger charge is 2.26. The van der Waals surface area contributed by atoms with Crippen LogP contribution in [0.4, 0.5) is 0 Å². The molecule has 1 aliphatic heterocycles. The number of rotatable bonds is 3. The molecule has 0 spiro atoms. The van der Waals surface area contributed by atoms with Crippen molar-refractivity contribution in [2.75, 3.05) is 19.7 Å². The molecule has 0 fully saturated rings. The molecule has 0 aromatic heterocycles. The molecule has 1 aromatic carbocycles. The second-order valence-corrected chi connectivity index (χ2v) is 4.48. The van der Waals surface area contributed by atoms with Gasteiger partial charge in [0, 0.05) is 11.6 Å². The third-order valence-electron chi connectivity index (χ3n) is 3.53. The minimum atomic E-state index is -0.417. The average Bonchev–Trinajstić information content (AvgIpc) is 2.52. The molecule has 0 aliphatic carbocycles. The Bertz CT molecular complexity index is 363. The molecule has 94 valence electrons. The van der Waals surface area contributed by atoms with Crippen LogP contribution in [0.15, 0.2) is 24.3 Å². The minimum Gasteiger partial charge on any atom is -0.492 e. The standard InChI is InChI=1S/C14H21NO2/c1-3-15(4-2)11-9-13(16)12-7-5-6-8-14(12)17-10-11/h5-8,11,13,16H,3-4,9-10H2,1-2H3/t11-,13+/m1/s1. The van der Waals surface area contributed by atoms with Gasteiger partial charge in [-0.2, -0.15) is 0 Å². The molecule has 0 saturated carbocycles. The van der Waals surface area contributed by atoms with E-state index >= 15 is 0 Å². The summed E-state index contributed by atoms with van der Waals surface area (Å²) in [4.78, 5) is 2.34. The van der Waals surface area contributed by atoms with Crippen LogP contribution < -0.4 is 4.74 Å². The van der Waals surface area contributed by atoms with Crippen molar-refractivity contribution in [2.24, 2.45) is 0 Å². The summed E-state index contributed by atoms with van der Waals surface area (Å²) in [6.45, 7) is 6.94. The van der Waals surface area contributed by atoms with Gasteiger partial charge < -0.3 is 9.84 Å². The highest BCUT2D eigenvalue weighted by Crippen LogP contribution is 2.32. The summed E-state index contributed by atoms with van der Waals surface area (Å²) in [5, 5.41) is 10.2. The van der Waals surface area contributed by atoms with Crippen molar-refractivity contribution in [1.29, 1.82) is 0 Å². The third-order valence-corrected chi connectivity index (χ3v) is 3.53. The van der Waals surface area contributed by atoms with Crippen LogP contribution in [-0.2, 0) is 0 Å². The van der Waals surface area contributed by atoms with Gasteiger partial charge in [0.1, 0.15) is 12.4 Å². The average molecular weight is 235 g/mol. The summed E-state index contributed by atoms with van der Waals surface area (Å²) in [6, 6.07) is 8.08. The maximum Gasteiger partial charge on any atom is 0.125 e. The Hall–Kier alpha value is -1.06. The molecule has 17 heavy (non-hydrogen) atoms. The number of aliphatic hydroxyl groups is 1. The first-order valence-electron chi connectivity index (χ1n) is 6.40. The molecule has 3 heteroatoms. The quantitative estimate of drug-likeness (QED) is 0.872. The smallest absolute Gasteiger partial charge is 0.125 e. The number of benzene rings is 1. The zero-order valence-electron chi connectivity index (χ0n) is 10.6. The Balaban J connectivity index is 2.17. The summed E-state index contributed by atoms with van der Waals surface area (Å²) < 4.78 is 5.81. The van der Waals surface area contributed by atoms with Crippen molar-refractivity contribution in [3.05, 3.63) is 29.8 Å². The summed E-state index contributed by atoms with van der Waals surface area (Å²) >= 11 is 0. The second kappa shape index (κ2) is 5.52. The minimum absolute atomic E-state index is 0.299. The van der Waals surface area contributed by atoms with Crippen LogP contribution >= 0.6 is 0 Å². The van der Waals surface area contributed by atoms with E-state index in [-0.39, 0.29) is 0 Å². The number of para-hydroxylation sites is 1. The van der Waals surface area contributed by atoms with Gasteiger partial charge >= 0.3 is 0 Å². The number of fused-ring (bicyclic) bond motifs is 1. The van der Waals surface area contributed by atoms with E-state index in [9.17, 15) is 5.11 Å². The molecular weight excluding hydrogens is 214 g/mol. The van der Waals surface area contributed by atoms with Gasteiger partial charge in [-0.3, -0.25) is 4.90 Å². The first kappa shape index (κ1) is 12.4. The van der Waals surface area contributed by atoms with Gasteiger partial charge in [-0.15, -0.1) is 0 Å². The Kier molecular flexibility index (Phi) is 4.02. The van der Waals surface area contributed by atoms with Crippen LogP contribution in [0.3, 0.4) is 0 Å². The maximum atomic E-state index is 10.2. The van der Waals surface area contributed by atoms with Crippen molar-refractivity contribution in [3.8, 4) is 5.75 Å². The number of ether oxygens (including phenoxy) is 1. The van der Waals surface area contributed by atoms with Crippen molar-refractivity contribution in [2.45, 2.75) is 32.4 Å². The van der Waals surface area contributed by atoms with E-state index in [1.165, 1.54) is 0 Å². The first-order valence-corrected chi connectivity index (χ1v) is 6.40. The molecule has 1 aliphatic rings. The largest absolute Gasteiger partial charge is 0.492 e. The normalized spacial score (nSPS) is 24.0. The lowest BCUT2D eigenvalue weighted by molar-refractivity contribution is 0.0946. The van der Waals surface area contributed by atoms with Crippen LogP contribution in [-0.4, -0.2) is 35.7 Å². The van der Waals surface area contributed by atoms with Gasteiger partial charge in [0.05, 0.1) is 6.10 Å². The lowest BCUT2D eigenvalue weighted by Gasteiger charge is -2.28. The zero-order chi connectivity index (χ0) is 12.3. The first-order chi connectivity index (χ1) is 8.26. The van der Waals surface area contributed by atoms with E-state index in [2.05, 4.69) is 18.7 Å². The number of hydrogen-bond acceptors (Lipinski definition) is 3. The van der Waals surface area contributed by atoms with Crippen LogP contribution in [0.25, 0.3) is 0 Å². The Morgan fingerprint density at radius 1 is 1.29 bits per heavy atom. The molecule has 3 nitrogen and oxygen atoms in total. The fourth-order valence-electron chi connectivity index (χ4n) is 2.52. The van der Waals surface area contributed by atoms with Crippen molar-refractivity contribution in [3.63, 3.8) is 0 Å². The molecule has 1 heterocycles. The Labute approximate surface area is 103 Å². The Morgan fingerprint density at radius 3 is 2.71 bits per heavy atom. The van der Waals surface area contributed by atoms with Crippen LogP contribution in [0.1, 0.15) is 31.9 Å². The van der Waals surface area contributed by atoms with E-state index in [4.69, 9.17) is 4.74 Å². The van der Waals surface area contributed by atoms with E-state index in [1.54, 1.807) is 0 Å². The maximum absolute atomic E-state index is 10.2. The van der Waals surface area contributed by atoms with Crippen LogP contribution in [0.5, 0.6) is 5.75 Å². The number of nitrogens with zero attached hydrogens (tertiary/aromatic N) is 1. The zero-order valence-corrected chi connectivity index (χ0v) is 10.6. The lowest BCUT2D eigenvalue weighted by atomic mass is 10.0. The predicted octanol–water partition coefficient (Wildman–Crippen LogP) is 2.21. The van der Waals surface area contributed by atoms with Gasteiger partial charge in [-0.1, -0.05) is 32.0 Å². The van der Waals surface area contributed by atoms with Gasteiger partial charge in [-0.25, -0.2) is 0 Å². The molecule has 1 N–H and O–H groups in total. The summed E-state index contributed by atoms with van der Waals surface area (Å²) in [6.07, 6.45) is 0.331.